The number of nitrogens with one attached hydrogen (secondary N) is 1. The molecule has 1 N–H and O–H groups in total. The Morgan fingerprint density at radius 2 is 2.38 bits per heavy atom. The van der Waals surface area contributed by atoms with Gasteiger partial charge in [0.05, 0.1) is 5.52 Å². The number of aromatic nitrogens is 1. The molecule has 3 heteroatoms. The molecule has 2 aromatic heterocycles. The van der Waals surface area contributed by atoms with E-state index >= 15 is 0 Å². The van der Waals surface area contributed by atoms with Crippen LogP contribution >= 0.6 is 8.19 Å². The van der Waals surface area contributed by atoms with Gasteiger partial charge in [0, 0.05) is 22.9 Å². The lowest BCUT2D eigenvalue weighted by Gasteiger charge is -2.01. The fourth-order valence-electron chi connectivity index (χ4n) is 1.28. The zero-order chi connectivity index (χ0) is 9.26. The minimum Gasteiger partial charge on any atom is -0.308 e. The molecule has 2 aromatic rings. The molecule has 0 bridgehead atoms. The smallest absolute Gasteiger partial charge is 0.0712 e. The van der Waals surface area contributed by atoms with Crippen LogP contribution in [0.5, 0.6) is 0 Å². The minimum absolute atomic E-state index is 0.903. The van der Waals surface area contributed by atoms with Gasteiger partial charge < -0.3 is 5.41 Å². The quantitative estimate of drug-likeness (QED) is 0.686. The van der Waals surface area contributed by atoms with E-state index in [1.807, 2.05) is 19.1 Å². The summed E-state index contributed by atoms with van der Waals surface area (Å²) in [6.45, 7) is 1.93. The molecule has 2 heterocycles. The highest BCUT2D eigenvalue weighted by Gasteiger charge is 1.99. The Bertz CT molecular complexity index is 465. The van der Waals surface area contributed by atoms with Crippen molar-refractivity contribution in [2.45, 2.75) is 6.92 Å². The molecule has 2 rings (SSSR count). The molecule has 0 saturated heterocycles. The molecule has 0 fully saturated rings. The lowest BCUT2D eigenvalue weighted by atomic mass is 10.2. The molecule has 0 atom stereocenters. The number of hydrogen-bond donors (Lipinski definition) is 1. The van der Waals surface area contributed by atoms with Crippen molar-refractivity contribution in [2.24, 2.45) is 0 Å². The predicted molar refractivity (Wildman–Crippen MR) is 56.9 cm³/mol. The Morgan fingerprint density at radius 3 is 3.15 bits per heavy atom. The summed E-state index contributed by atoms with van der Waals surface area (Å²) in [7, 11) is 1.19. The third-order valence-corrected chi connectivity index (χ3v) is 2.75. The van der Waals surface area contributed by atoms with Crippen molar-refractivity contribution in [3.8, 4) is 0 Å². The normalized spacial score (nSPS) is 10.8. The number of pyridine rings is 1. The van der Waals surface area contributed by atoms with Gasteiger partial charge in [-0.05, 0) is 30.7 Å². The van der Waals surface area contributed by atoms with Gasteiger partial charge in [-0.1, -0.05) is 8.19 Å². The lowest BCUT2D eigenvalue weighted by molar-refractivity contribution is 1.24. The monoisotopic (exact) mass is 188 g/mol. The van der Waals surface area contributed by atoms with Crippen LogP contribution in [0.3, 0.4) is 0 Å². The molecule has 0 aliphatic heterocycles. The van der Waals surface area contributed by atoms with Crippen molar-refractivity contribution in [1.29, 1.82) is 5.41 Å². The highest BCUT2D eigenvalue weighted by molar-refractivity contribution is 7.28. The third-order valence-electron chi connectivity index (χ3n) is 2.00. The van der Waals surface area contributed by atoms with Crippen LogP contribution in [0.25, 0.3) is 10.9 Å². The van der Waals surface area contributed by atoms with Crippen molar-refractivity contribution in [1.82, 2.24) is 4.98 Å². The fourth-order valence-corrected chi connectivity index (χ4v) is 1.96. The Kier molecular flexibility index (Phi) is 2.07. The second kappa shape index (κ2) is 3.23. The van der Waals surface area contributed by atoms with Gasteiger partial charge >= 0.3 is 0 Å². The number of fused-ring (bicyclic) bond motifs is 1. The number of nitrogens with zero attached hydrogens (tertiary/aromatic N) is 1. The summed E-state index contributed by atoms with van der Waals surface area (Å²) in [5, 5.41) is 8.34. The molecule has 0 aliphatic carbocycles. The molecule has 2 nitrogen and oxygen atoms in total. The van der Waals surface area contributed by atoms with E-state index in [0.29, 0.717) is 0 Å². The zero-order valence-electron chi connectivity index (χ0n) is 7.28. The van der Waals surface area contributed by atoms with Gasteiger partial charge in [0.2, 0.25) is 0 Å². The Labute approximate surface area is 78.2 Å². The number of aryl methyl sites for hydroxylation is 1. The molecule has 0 amide bonds. The van der Waals surface area contributed by atoms with Crippen molar-refractivity contribution in [3.05, 3.63) is 35.0 Å². The first-order chi connectivity index (χ1) is 6.31. The van der Waals surface area contributed by atoms with E-state index in [1.54, 1.807) is 0 Å². The molecular weight excluding hydrogens is 179 g/mol. The van der Waals surface area contributed by atoms with Gasteiger partial charge in [-0.25, -0.2) is 0 Å². The first-order valence-electron chi connectivity index (χ1n) is 4.03. The molecule has 0 aromatic carbocycles. The number of hydrogen-bond acceptors (Lipinski definition) is 2. The van der Waals surface area contributed by atoms with Crippen LogP contribution in [0.2, 0.25) is 0 Å². The topological polar surface area (TPSA) is 36.7 Å². The molecule has 0 radical (unpaired) electrons. The van der Waals surface area contributed by atoms with Gasteiger partial charge in [0.25, 0.3) is 0 Å². The van der Waals surface area contributed by atoms with E-state index in [-0.39, 0.29) is 0 Å². The summed E-state index contributed by atoms with van der Waals surface area (Å²) in [6, 6.07) is 4.04. The summed E-state index contributed by atoms with van der Waals surface area (Å²) in [5.74, 6) is 4.17. The van der Waals surface area contributed by atoms with Crippen molar-refractivity contribution in [3.63, 3.8) is 0 Å². The maximum atomic E-state index is 7.20. The van der Waals surface area contributed by atoms with Crippen LogP contribution < -0.4 is 0 Å². The minimum atomic E-state index is 0.903. The predicted octanol–water partition coefficient (Wildman–Crippen LogP) is 3.12. The zero-order valence-corrected chi connectivity index (χ0v) is 8.18. The average Bonchev–Trinajstić information content (AvgIpc) is 2.17. The van der Waals surface area contributed by atoms with E-state index < -0.39 is 0 Å². The van der Waals surface area contributed by atoms with Crippen LogP contribution in [0.4, 0.5) is 0 Å². The van der Waals surface area contributed by atoms with Gasteiger partial charge in [0.1, 0.15) is 0 Å². The van der Waals surface area contributed by atoms with Crippen LogP contribution in [-0.2, 0) is 0 Å². The highest BCUT2D eigenvalue weighted by Crippen LogP contribution is 2.18. The summed E-state index contributed by atoms with van der Waals surface area (Å²) in [6.07, 6.45) is 1.35. The average molecular weight is 188 g/mol. The SMILES string of the molecule is Cc1nc2ccpcc2cc1C=N. The molecule has 64 valence electrons. The van der Waals surface area contributed by atoms with E-state index in [4.69, 9.17) is 5.41 Å². The van der Waals surface area contributed by atoms with Crippen LogP contribution in [0.1, 0.15) is 11.3 Å². The van der Waals surface area contributed by atoms with Gasteiger partial charge in [-0.3, -0.25) is 4.98 Å². The van der Waals surface area contributed by atoms with Crippen LogP contribution in [0, 0.1) is 12.3 Å². The summed E-state index contributed by atoms with van der Waals surface area (Å²) in [4.78, 5) is 4.41. The van der Waals surface area contributed by atoms with E-state index in [1.165, 1.54) is 14.4 Å². The molecule has 0 saturated carbocycles. The van der Waals surface area contributed by atoms with Crippen molar-refractivity contribution < 1.29 is 0 Å². The molecular formula is C10H9N2P. The second-order valence-corrected chi connectivity index (χ2v) is 3.73. The van der Waals surface area contributed by atoms with Crippen molar-refractivity contribution >= 4 is 25.3 Å². The summed E-state index contributed by atoms with van der Waals surface area (Å²) < 4.78 is 0. The van der Waals surface area contributed by atoms with Gasteiger partial charge in [0.15, 0.2) is 0 Å². The molecule has 0 unspecified atom stereocenters. The fraction of sp³-hybridized carbons (Fsp3) is 0.100. The summed E-state index contributed by atoms with van der Waals surface area (Å²) >= 11 is 0. The van der Waals surface area contributed by atoms with E-state index in [0.717, 1.165) is 22.2 Å². The largest absolute Gasteiger partial charge is 0.308 e. The summed E-state index contributed by atoms with van der Waals surface area (Å²) in [5.41, 5.74) is 2.84. The first kappa shape index (κ1) is 8.33. The Hall–Kier alpha value is -1.27. The van der Waals surface area contributed by atoms with Crippen LogP contribution in [0.15, 0.2) is 23.7 Å². The van der Waals surface area contributed by atoms with Gasteiger partial charge in [-0.2, -0.15) is 0 Å². The second-order valence-electron chi connectivity index (χ2n) is 2.88. The van der Waals surface area contributed by atoms with Crippen LogP contribution in [-0.4, -0.2) is 11.2 Å². The lowest BCUT2D eigenvalue weighted by Crippen LogP contribution is -1.90. The number of rotatable bonds is 1. The van der Waals surface area contributed by atoms with E-state index in [9.17, 15) is 0 Å². The van der Waals surface area contributed by atoms with E-state index in [2.05, 4.69) is 16.6 Å². The molecule has 13 heavy (non-hydrogen) atoms. The maximum absolute atomic E-state index is 7.20. The Balaban J connectivity index is 2.81. The molecule has 0 aliphatic rings. The first-order valence-corrected chi connectivity index (χ1v) is 5.06. The van der Waals surface area contributed by atoms with Crippen molar-refractivity contribution in [2.75, 3.05) is 0 Å². The maximum Gasteiger partial charge on any atom is 0.0712 e. The third kappa shape index (κ3) is 1.45. The highest BCUT2D eigenvalue weighted by atomic mass is 31.0. The Morgan fingerprint density at radius 1 is 1.54 bits per heavy atom. The molecule has 0 spiro atoms. The van der Waals surface area contributed by atoms with Gasteiger partial charge in [-0.15, -0.1) is 0 Å². The standard InChI is InChI=1S/C10H9N2P/c1-7-8(5-11)4-9-6-13-3-2-10(9)12-7/h2-6,11H,1H3.